The summed E-state index contributed by atoms with van der Waals surface area (Å²) in [5.41, 5.74) is -1.05. The second kappa shape index (κ2) is 11.4. The molecule has 234 valence electrons. The highest BCUT2D eigenvalue weighted by Crippen LogP contribution is 2.39. The van der Waals surface area contributed by atoms with Gasteiger partial charge in [0.1, 0.15) is 22.3 Å². The summed E-state index contributed by atoms with van der Waals surface area (Å²) in [4.78, 5) is 14.0. The van der Waals surface area contributed by atoms with Gasteiger partial charge in [-0.2, -0.15) is 0 Å². The molecule has 0 bridgehead atoms. The van der Waals surface area contributed by atoms with E-state index in [1.165, 1.54) is 0 Å². The number of rotatable bonds is 5. The highest BCUT2D eigenvalue weighted by atomic mass is 16.3. The van der Waals surface area contributed by atoms with E-state index < -0.39 is 124 Å². The van der Waals surface area contributed by atoms with Gasteiger partial charge in [0.05, 0.1) is 20.6 Å². The molecule has 0 spiro atoms. The van der Waals surface area contributed by atoms with E-state index in [0.29, 0.717) is 22.3 Å². The molecule has 0 aliphatic carbocycles. The molecule has 3 heterocycles. The molecule has 0 aliphatic rings. The Morgan fingerprint density at radius 3 is 1.92 bits per heavy atom. The molecule has 10 rings (SSSR count). The van der Waals surface area contributed by atoms with Gasteiger partial charge in [0.15, 0.2) is 17.5 Å². The number of furan rings is 2. The van der Waals surface area contributed by atoms with Crippen molar-refractivity contribution in [1.29, 1.82) is 0 Å². The van der Waals surface area contributed by atoms with Crippen LogP contribution >= 0.6 is 0 Å². The van der Waals surface area contributed by atoms with E-state index in [-0.39, 0.29) is 33.8 Å². The van der Waals surface area contributed by atoms with Crippen molar-refractivity contribution in [3.63, 3.8) is 0 Å². The fourth-order valence-electron chi connectivity index (χ4n) is 5.88. The second-order valence-corrected chi connectivity index (χ2v) is 11.2. The highest BCUT2D eigenvalue weighted by molar-refractivity contribution is 6.13. The summed E-state index contributed by atoms with van der Waals surface area (Å²) in [6.07, 6.45) is 0. The zero-order valence-electron chi connectivity index (χ0n) is 40.6. The summed E-state index contributed by atoms with van der Waals surface area (Å²) in [5.74, 6) is 0.0844. The first-order chi connectivity index (χ1) is 31.0. The molecular formula is C45H27N3O2. The van der Waals surface area contributed by atoms with Crippen molar-refractivity contribution in [2.24, 2.45) is 0 Å². The van der Waals surface area contributed by atoms with Crippen LogP contribution in [0.2, 0.25) is 0 Å². The van der Waals surface area contributed by atoms with Gasteiger partial charge in [-0.05, 0) is 58.6 Å². The molecule has 50 heavy (non-hydrogen) atoms. The van der Waals surface area contributed by atoms with Crippen molar-refractivity contribution in [1.82, 2.24) is 15.0 Å². The van der Waals surface area contributed by atoms with Gasteiger partial charge in [0.25, 0.3) is 0 Å². The topological polar surface area (TPSA) is 65.0 Å². The molecule has 0 N–H and O–H groups in total. The Morgan fingerprint density at radius 1 is 0.400 bits per heavy atom. The minimum absolute atomic E-state index is 0.136. The van der Waals surface area contributed by atoms with E-state index in [1.54, 1.807) is 42.5 Å². The summed E-state index contributed by atoms with van der Waals surface area (Å²) >= 11 is 0. The van der Waals surface area contributed by atoms with Crippen LogP contribution in [0.4, 0.5) is 0 Å². The van der Waals surface area contributed by atoms with Gasteiger partial charge in [-0.3, -0.25) is 0 Å². The molecule has 10 aromatic rings. The third-order valence-electron chi connectivity index (χ3n) is 8.23. The number of hydrogen-bond acceptors (Lipinski definition) is 5. The molecule has 0 fully saturated rings. The third-order valence-corrected chi connectivity index (χ3v) is 8.23. The SMILES string of the molecule is [2H]c1c([2H])c([2H])c(-c2c([2H])c([2H])c([2H])c3oc4c([2H])c(-c5c([2H])c([2H])c(-c6nc(-c7ccccc7)nc(-c7ccc8c(c7)oc7ccccc78)n6)c([2H])c5[2H])c([2H])c([2H])c4c23)c([2H])c1[2H]. The Morgan fingerprint density at radius 2 is 1.08 bits per heavy atom. The Balaban J connectivity index is 1.20. The molecule has 0 radical (unpaired) electrons. The Hall–Kier alpha value is -6.85. The van der Waals surface area contributed by atoms with Gasteiger partial charge in [-0.15, -0.1) is 0 Å². The predicted molar refractivity (Wildman–Crippen MR) is 202 cm³/mol. The smallest absolute Gasteiger partial charge is 0.164 e. The number of para-hydroxylation sites is 1. The number of fused-ring (bicyclic) bond motifs is 6. The minimum atomic E-state index is -0.770. The zero-order valence-corrected chi connectivity index (χ0v) is 25.6. The van der Waals surface area contributed by atoms with Crippen LogP contribution in [0.1, 0.15) is 20.6 Å². The van der Waals surface area contributed by atoms with Crippen LogP contribution in [-0.4, -0.2) is 15.0 Å². The van der Waals surface area contributed by atoms with E-state index in [4.69, 9.17) is 24.8 Å². The van der Waals surface area contributed by atoms with Gasteiger partial charge in [-0.25, -0.2) is 15.0 Å². The Labute approximate surface area is 308 Å². The first-order valence-electron chi connectivity index (χ1n) is 22.9. The summed E-state index contributed by atoms with van der Waals surface area (Å²) in [6, 6.07) is 11.1. The maximum absolute atomic E-state index is 9.33. The molecule has 0 saturated heterocycles. The van der Waals surface area contributed by atoms with E-state index in [1.807, 2.05) is 30.3 Å². The van der Waals surface area contributed by atoms with Gasteiger partial charge in [0, 0.05) is 38.2 Å². The fourth-order valence-corrected chi connectivity index (χ4v) is 5.88. The van der Waals surface area contributed by atoms with E-state index in [2.05, 4.69) is 9.97 Å². The first kappa shape index (κ1) is 17.0. The molecule has 0 atom stereocenters. The van der Waals surface area contributed by atoms with Gasteiger partial charge in [-0.1, -0.05) is 127 Å². The number of hydrogen-bond donors (Lipinski definition) is 0. The normalized spacial score (nSPS) is 15.8. The van der Waals surface area contributed by atoms with E-state index >= 15 is 0 Å². The lowest BCUT2D eigenvalue weighted by Gasteiger charge is -2.09. The molecule has 0 aliphatic heterocycles. The largest absolute Gasteiger partial charge is 0.456 e. The standard InChI is InChI=1S/C45H27N3O2/c1-3-10-29(11-4-1)34-15-9-17-39-42(34)37-25-22-32(26-41(37)50-39)28-18-20-31(21-19-28)44-46-43(30-12-5-2-6-13-30)47-45(48-44)33-23-24-36-35-14-7-8-16-38(35)49-40(36)27-33/h1-27H/i1D,3D,4D,9D,10D,11D,15D,17D,18D,19D,20D,21D,22D,25D,26D. The van der Waals surface area contributed by atoms with Crippen LogP contribution in [0.5, 0.6) is 0 Å². The average molecular weight is 657 g/mol. The van der Waals surface area contributed by atoms with E-state index in [9.17, 15) is 9.60 Å². The minimum Gasteiger partial charge on any atom is -0.456 e. The van der Waals surface area contributed by atoms with Crippen molar-refractivity contribution < 1.29 is 29.4 Å². The first-order valence-corrected chi connectivity index (χ1v) is 15.4. The summed E-state index contributed by atoms with van der Waals surface area (Å²) < 4.78 is 145. The van der Waals surface area contributed by atoms with Crippen LogP contribution in [0.15, 0.2) is 172 Å². The molecule has 5 nitrogen and oxygen atoms in total. The number of aromatic nitrogens is 3. The predicted octanol–water partition coefficient (Wildman–Crippen LogP) is 12.0. The monoisotopic (exact) mass is 656 g/mol. The average Bonchev–Trinajstić information content (AvgIpc) is 3.90. The van der Waals surface area contributed by atoms with Crippen molar-refractivity contribution in [2.75, 3.05) is 0 Å². The lowest BCUT2D eigenvalue weighted by molar-refractivity contribution is 0.668. The lowest BCUT2D eigenvalue weighted by Crippen LogP contribution is -2.00. The van der Waals surface area contributed by atoms with Crippen LogP contribution < -0.4 is 0 Å². The summed E-state index contributed by atoms with van der Waals surface area (Å²) in [6.45, 7) is 0. The molecule has 3 aromatic heterocycles. The molecular weight excluding hydrogens is 615 g/mol. The van der Waals surface area contributed by atoms with Crippen LogP contribution in [0, 0.1) is 0 Å². The van der Waals surface area contributed by atoms with Crippen molar-refractivity contribution in [3.05, 3.63) is 163 Å². The highest BCUT2D eigenvalue weighted by Gasteiger charge is 2.16. The number of nitrogens with zero attached hydrogens (tertiary/aromatic N) is 3. The second-order valence-electron chi connectivity index (χ2n) is 11.2. The van der Waals surface area contributed by atoms with Crippen molar-refractivity contribution in [3.8, 4) is 56.4 Å². The van der Waals surface area contributed by atoms with Crippen molar-refractivity contribution in [2.45, 2.75) is 0 Å². The Bertz CT molecular complexity index is 3680. The van der Waals surface area contributed by atoms with Crippen LogP contribution in [-0.2, 0) is 0 Å². The molecule has 0 saturated carbocycles. The Kier molecular flexibility index (Phi) is 3.87. The molecule has 7 aromatic carbocycles. The quantitative estimate of drug-likeness (QED) is 0.184. The van der Waals surface area contributed by atoms with Crippen LogP contribution in [0.25, 0.3) is 100 Å². The molecule has 5 heteroatoms. The lowest BCUT2D eigenvalue weighted by atomic mass is 9.98. The van der Waals surface area contributed by atoms with Crippen molar-refractivity contribution >= 4 is 43.9 Å². The summed E-state index contributed by atoms with van der Waals surface area (Å²) in [7, 11) is 0. The summed E-state index contributed by atoms with van der Waals surface area (Å²) in [5, 5.41) is 1.08. The molecule has 0 amide bonds. The zero-order chi connectivity index (χ0) is 46.1. The van der Waals surface area contributed by atoms with Crippen LogP contribution in [0.3, 0.4) is 0 Å². The van der Waals surface area contributed by atoms with Gasteiger partial charge in [0.2, 0.25) is 0 Å². The molecule has 0 unspecified atom stereocenters. The maximum atomic E-state index is 9.33. The third kappa shape index (κ3) is 4.75. The number of benzene rings is 7. The fraction of sp³-hybridized carbons (Fsp3) is 0. The van der Waals surface area contributed by atoms with E-state index in [0.717, 1.165) is 10.8 Å². The van der Waals surface area contributed by atoms with Gasteiger partial charge >= 0.3 is 0 Å². The van der Waals surface area contributed by atoms with Gasteiger partial charge < -0.3 is 8.83 Å². The maximum Gasteiger partial charge on any atom is 0.164 e.